The first-order chi connectivity index (χ1) is 14.8. The van der Waals surface area contributed by atoms with Crippen molar-refractivity contribution in [3.8, 4) is 11.5 Å². The Morgan fingerprint density at radius 1 is 1.06 bits per heavy atom. The van der Waals surface area contributed by atoms with Crippen molar-refractivity contribution in [2.45, 2.75) is 19.8 Å². The highest BCUT2D eigenvalue weighted by Gasteiger charge is 2.10. The number of amides is 2. The van der Waals surface area contributed by atoms with E-state index in [1.54, 1.807) is 27.2 Å². The van der Waals surface area contributed by atoms with Crippen molar-refractivity contribution in [3.05, 3.63) is 63.7 Å². The fourth-order valence-electron chi connectivity index (χ4n) is 2.66. The van der Waals surface area contributed by atoms with Gasteiger partial charge in [-0.25, -0.2) is 5.43 Å². The molecule has 10 heteroatoms. The van der Waals surface area contributed by atoms with Crippen LogP contribution >= 0.6 is 0 Å². The number of rotatable bonds is 10. The molecule has 0 aliphatic rings. The molecule has 31 heavy (non-hydrogen) atoms. The van der Waals surface area contributed by atoms with Crippen LogP contribution in [0.5, 0.6) is 11.5 Å². The van der Waals surface area contributed by atoms with Crippen LogP contribution in [0, 0.1) is 10.1 Å². The highest BCUT2D eigenvalue weighted by Crippen LogP contribution is 2.27. The minimum atomic E-state index is -0.548. The summed E-state index contributed by atoms with van der Waals surface area (Å²) in [6, 6.07) is 10.7. The molecule has 0 spiro atoms. The third-order valence-corrected chi connectivity index (χ3v) is 4.29. The molecule has 0 saturated carbocycles. The van der Waals surface area contributed by atoms with E-state index in [9.17, 15) is 19.7 Å². The molecule has 0 atom stereocenters. The zero-order chi connectivity index (χ0) is 22.8. The lowest BCUT2D eigenvalue weighted by Crippen LogP contribution is -2.28. The molecule has 0 aliphatic heterocycles. The van der Waals surface area contributed by atoms with Crippen LogP contribution in [-0.4, -0.2) is 43.2 Å². The van der Waals surface area contributed by atoms with Gasteiger partial charge in [-0.15, -0.1) is 0 Å². The molecular formula is C21H24N4O6. The fourth-order valence-corrected chi connectivity index (χ4v) is 2.66. The van der Waals surface area contributed by atoms with Gasteiger partial charge in [0.2, 0.25) is 5.91 Å². The third-order valence-electron chi connectivity index (χ3n) is 4.29. The maximum absolute atomic E-state index is 12.1. The second kappa shape index (κ2) is 11.3. The van der Waals surface area contributed by atoms with Crippen LogP contribution in [0.3, 0.4) is 0 Å². The van der Waals surface area contributed by atoms with Gasteiger partial charge < -0.3 is 14.8 Å². The summed E-state index contributed by atoms with van der Waals surface area (Å²) in [6.07, 6.45) is 0.631. The molecule has 0 saturated heterocycles. The molecule has 0 radical (unpaired) electrons. The van der Waals surface area contributed by atoms with Crippen molar-refractivity contribution in [2.75, 3.05) is 20.8 Å². The maximum Gasteiger partial charge on any atom is 0.271 e. The average Bonchev–Trinajstić information content (AvgIpc) is 2.77. The largest absolute Gasteiger partial charge is 0.493 e. The van der Waals surface area contributed by atoms with Crippen LogP contribution < -0.4 is 20.2 Å². The van der Waals surface area contributed by atoms with E-state index in [1.807, 2.05) is 12.1 Å². The van der Waals surface area contributed by atoms with E-state index in [4.69, 9.17) is 9.47 Å². The zero-order valence-corrected chi connectivity index (χ0v) is 17.5. The summed E-state index contributed by atoms with van der Waals surface area (Å²) >= 11 is 0. The monoisotopic (exact) mass is 428 g/mol. The number of nitrogens with one attached hydrogen (secondary N) is 2. The number of benzene rings is 2. The lowest BCUT2D eigenvalue weighted by atomic mass is 10.1. The first kappa shape index (κ1) is 23.3. The zero-order valence-electron chi connectivity index (χ0n) is 17.5. The van der Waals surface area contributed by atoms with Crippen LogP contribution in [0.1, 0.15) is 29.3 Å². The van der Waals surface area contributed by atoms with Gasteiger partial charge in [0.05, 0.1) is 25.6 Å². The molecule has 0 heterocycles. The third kappa shape index (κ3) is 7.11. The predicted molar refractivity (Wildman–Crippen MR) is 115 cm³/mol. The number of carbonyl (C=O) groups excluding carboxylic acids is 2. The van der Waals surface area contributed by atoms with Gasteiger partial charge in [-0.1, -0.05) is 6.07 Å². The second-order valence-corrected chi connectivity index (χ2v) is 6.56. The van der Waals surface area contributed by atoms with Crippen LogP contribution in [-0.2, 0) is 11.2 Å². The number of non-ortho nitro benzene ring substituents is 1. The Bertz CT molecular complexity index is 972. The maximum atomic E-state index is 12.1. The van der Waals surface area contributed by atoms with Gasteiger partial charge in [0, 0.05) is 30.0 Å². The Hall–Kier alpha value is -3.95. The summed E-state index contributed by atoms with van der Waals surface area (Å²) in [5.74, 6) is 0.505. The molecule has 0 fully saturated rings. The van der Waals surface area contributed by atoms with E-state index in [-0.39, 0.29) is 23.6 Å². The van der Waals surface area contributed by atoms with Crippen molar-refractivity contribution >= 4 is 23.2 Å². The van der Waals surface area contributed by atoms with E-state index in [1.165, 1.54) is 24.3 Å². The number of nitrogens with zero attached hydrogens (tertiary/aromatic N) is 2. The predicted octanol–water partition coefficient (Wildman–Crippen LogP) is 2.47. The van der Waals surface area contributed by atoms with E-state index >= 15 is 0 Å². The molecule has 0 aromatic heterocycles. The Morgan fingerprint density at radius 2 is 1.74 bits per heavy atom. The first-order valence-corrected chi connectivity index (χ1v) is 9.39. The summed E-state index contributed by atoms with van der Waals surface area (Å²) < 4.78 is 10.5. The Balaban J connectivity index is 1.79. The average molecular weight is 428 g/mol. The molecule has 0 unspecified atom stereocenters. The normalized spacial score (nSPS) is 10.9. The van der Waals surface area contributed by atoms with Gasteiger partial charge in [-0.2, -0.15) is 5.10 Å². The van der Waals surface area contributed by atoms with Gasteiger partial charge in [-0.05, 0) is 43.2 Å². The minimum absolute atomic E-state index is 0.0203. The smallest absolute Gasteiger partial charge is 0.271 e. The van der Waals surface area contributed by atoms with E-state index in [2.05, 4.69) is 15.8 Å². The highest BCUT2D eigenvalue weighted by atomic mass is 16.6. The van der Waals surface area contributed by atoms with Crippen LogP contribution in [0.25, 0.3) is 0 Å². The number of methoxy groups -OCH3 is 2. The molecule has 0 aliphatic carbocycles. The Kier molecular flexibility index (Phi) is 8.50. The van der Waals surface area contributed by atoms with Crippen LogP contribution in [0.15, 0.2) is 47.6 Å². The van der Waals surface area contributed by atoms with Crippen molar-refractivity contribution in [2.24, 2.45) is 5.10 Å². The number of hydrogen-bond donors (Lipinski definition) is 2. The topological polar surface area (TPSA) is 132 Å². The van der Waals surface area contributed by atoms with Gasteiger partial charge >= 0.3 is 0 Å². The SMILES string of the molecule is COc1ccc(CCNC(=O)C/C(C)=N/NC(=O)c2ccc([N+](=O)[O-])cc2)cc1OC. The van der Waals surface area contributed by atoms with Gasteiger partial charge in [0.25, 0.3) is 11.6 Å². The summed E-state index contributed by atoms with van der Waals surface area (Å²) in [4.78, 5) is 34.2. The minimum Gasteiger partial charge on any atom is -0.493 e. The summed E-state index contributed by atoms with van der Waals surface area (Å²) in [5.41, 5.74) is 3.85. The van der Waals surface area contributed by atoms with Gasteiger partial charge in [0.1, 0.15) is 0 Å². The molecule has 2 rings (SSSR count). The number of nitro groups is 1. The summed E-state index contributed by atoms with van der Waals surface area (Å²) in [5, 5.41) is 17.3. The molecule has 2 aromatic carbocycles. The van der Waals surface area contributed by atoms with Gasteiger partial charge in [0.15, 0.2) is 11.5 Å². The molecule has 2 N–H and O–H groups in total. The number of hydrogen-bond acceptors (Lipinski definition) is 7. The van der Waals surface area contributed by atoms with Crippen molar-refractivity contribution in [3.63, 3.8) is 0 Å². The van der Waals surface area contributed by atoms with E-state index < -0.39 is 10.8 Å². The van der Waals surface area contributed by atoms with E-state index in [0.29, 0.717) is 30.2 Å². The van der Waals surface area contributed by atoms with Gasteiger partial charge in [-0.3, -0.25) is 19.7 Å². The fraction of sp³-hybridized carbons (Fsp3) is 0.286. The Labute approximate surface area is 179 Å². The first-order valence-electron chi connectivity index (χ1n) is 9.39. The van der Waals surface area contributed by atoms with Crippen LogP contribution in [0.2, 0.25) is 0 Å². The highest BCUT2D eigenvalue weighted by molar-refractivity contribution is 6.01. The number of ether oxygens (including phenoxy) is 2. The lowest BCUT2D eigenvalue weighted by molar-refractivity contribution is -0.384. The lowest BCUT2D eigenvalue weighted by Gasteiger charge is -2.10. The molecule has 10 nitrogen and oxygen atoms in total. The molecule has 164 valence electrons. The number of hydrazone groups is 1. The summed E-state index contributed by atoms with van der Waals surface area (Å²) in [7, 11) is 3.13. The van der Waals surface area contributed by atoms with E-state index in [0.717, 1.165) is 5.56 Å². The Morgan fingerprint density at radius 3 is 2.35 bits per heavy atom. The van der Waals surface area contributed by atoms with Crippen molar-refractivity contribution < 1.29 is 24.0 Å². The molecule has 2 aromatic rings. The van der Waals surface area contributed by atoms with Crippen molar-refractivity contribution in [1.29, 1.82) is 0 Å². The molecule has 2 amide bonds. The van der Waals surface area contributed by atoms with Crippen molar-refractivity contribution in [1.82, 2.24) is 10.7 Å². The summed E-state index contributed by atoms with van der Waals surface area (Å²) in [6.45, 7) is 2.04. The second-order valence-electron chi connectivity index (χ2n) is 6.56. The standard InChI is InChI=1S/C21H24N4O6/c1-14(23-24-21(27)16-5-7-17(8-6-16)25(28)29)12-20(26)22-11-10-15-4-9-18(30-2)19(13-15)31-3/h4-9,13H,10-12H2,1-3H3,(H,22,26)(H,24,27)/b23-14+. The molecule has 0 bridgehead atoms. The quantitative estimate of drug-likeness (QED) is 0.339. The number of nitro benzene ring substituents is 1. The number of carbonyl (C=O) groups is 2. The molecular weight excluding hydrogens is 404 g/mol. The van der Waals surface area contributed by atoms with Crippen LogP contribution in [0.4, 0.5) is 5.69 Å².